The molecule has 1 aromatic heterocycles. The van der Waals surface area contributed by atoms with Gasteiger partial charge in [-0.05, 0) is 45.2 Å². The lowest BCUT2D eigenvalue weighted by atomic mass is 9.77. The molecule has 0 unspecified atom stereocenters. The molecule has 1 aromatic rings. The molecule has 0 radical (unpaired) electrons. The van der Waals surface area contributed by atoms with Gasteiger partial charge in [-0.3, -0.25) is 9.59 Å². The highest BCUT2D eigenvalue weighted by Gasteiger charge is 2.51. The number of carbonyl (C=O) groups is 2. The van der Waals surface area contributed by atoms with Crippen LogP contribution in [0.5, 0.6) is 0 Å². The maximum atomic E-state index is 12.2. The molecule has 1 fully saturated rings. The predicted octanol–water partition coefficient (Wildman–Crippen LogP) is 1.40. The maximum Gasteiger partial charge on any atom is 0.262 e. The van der Waals surface area contributed by atoms with Crippen LogP contribution in [0.3, 0.4) is 0 Å². The minimum atomic E-state index is -0.673. The second-order valence-electron chi connectivity index (χ2n) is 5.82. The standard InChI is InChI=1S/C14H17NO2S/c1-13(2)10(8-9-6-5-7-18-9)11(16)12(17)14(3,4)15-13/h5-8,15H,1-4H3/p+1/b10-8-. The van der Waals surface area contributed by atoms with E-state index in [0.29, 0.717) is 5.57 Å². The lowest BCUT2D eigenvalue weighted by Gasteiger charge is -2.38. The fourth-order valence-electron chi connectivity index (χ4n) is 2.52. The summed E-state index contributed by atoms with van der Waals surface area (Å²) in [5, 5.41) is 3.94. The lowest BCUT2D eigenvalue weighted by molar-refractivity contribution is -0.757. The van der Waals surface area contributed by atoms with E-state index in [4.69, 9.17) is 0 Å². The number of nitrogens with two attached hydrogens (primary N) is 1. The number of ketones is 2. The number of piperidine rings is 1. The quantitative estimate of drug-likeness (QED) is 0.616. The first-order valence-electron chi connectivity index (χ1n) is 5.96. The summed E-state index contributed by atoms with van der Waals surface area (Å²) in [6.45, 7) is 7.57. The molecule has 0 aromatic carbocycles. The zero-order valence-corrected chi connectivity index (χ0v) is 11.9. The van der Waals surface area contributed by atoms with Crippen molar-refractivity contribution in [1.82, 2.24) is 0 Å². The first kappa shape index (κ1) is 13.2. The lowest BCUT2D eigenvalue weighted by Crippen LogP contribution is -3.08. The number of Topliss-reactive ketones (excluding diaryl/α,β-unsaturated/α-hetero) is 2. The van der Waals surface area contributed by atoms with Crippen LogP contribution in [0.2, 0.25) is 0 Å². The topological polar surface area (TPSA) is 50.8 Å². The first-order valence-corrected chi connectivity index (χ1v) is 6.84. The van der Waals surface area contributed by atoms with E-state index < -0.39 is 5.54 Å². The summed E-state index contributed by atoms with van der Waals surface area (Å²) >= 11 is 1.57. The molecule has 2 heterocycles. The highest BCUT2D eigenvalue weighted by atomic mass is 32.1. The number of quaternary nitrogens is 1. The second-order valence-corrected chi connectivity index (χ2v) is 6.80. The van der Waals surface area contributed by atoms with Gasteiger partial charge in [0, 0.05) is 4.88 Å². The Kier molecular flexibility index (Phi) is 3.03. The van der Waals surface area contributed by atoms with Gasteiger partial charge in [0.25, 0.3) is 5.78 Å². The Morgan fingerprint density at radius 2 is 1.83 bits per heavy atom. The Bertz CT molecular complexity index is 524. The largest absolute Gasteiger partial charge is 0.327 e. The molecular formula is C14H18NO2S+. The molecule has 0 bridgehead atoms. The van der Waals surface area contributed by atoms with E-state index in [2.05, 4.69) is 0 Å². The Labute approximate surface area is 111 Å². The molecule has 4 heteroatoms. The van der Waals surface area contributed by atoms with Crippen molar-refractivity contribution in [3.8, 4) is 0 Å². The van der Waals surface area contributed by atoms with Gasteiger partial charge in [0.05, 0.1) is 5.57 Å². The van der Waals surface area contributed by atoms with Crippen molar-refractivity contribution in [3.05, 3.63) is 28.0 Å². The highest BCUT2D eigenvalue weighted by molar-refractivity contribution is 7.10. The van der Waals surface area contributed by atoms with E-state index in [9.17, 15) is 9.59 Å². The van der Waals surface area contributed by atoms with Crippen LogP contribution in [0, 0.1) is 0 Å². The van der Waals surface area contributed by atoms with Gasteiger partial charge in [-0.2, -0.15) is 0 Å². The molecule has 0 saturated carbocycles. The molecule has 96 valence electrons. The van der Waals surface area contributed by atoms with E-state index in [1.54, 1.807) is 25.2 Å². The van der Waals surface area contributed by atoms with Crippen LogP contribution in [0.15, 0.2) is 23.1 Å². The molecule has 1 aliphatic heterocycles. The normalized spacial score (nSPS) is 24.6. The van der Waals surface area contributed by atoms with Gasteiger partial charge in [0.2, 0.25) is 5.78 Å². The summed E-state index contributed by atoms with van der Waals surface area (Å²) in [6.07, 6.45) is 1.84. The van der Waals surface area contributed by atoms with Crippen molar-refractivity contribution < 1.29 is 14.9 Å². The van der Waals surface area contributed by atoms with E-state index in [1.165, 1.54) is 0 Å². The predicted molar refractivity (Wildman–Crippen MR) is 72.4 cm³/mol. The number of thiophene rings is 1. The molecule has 3 nitrogen and oxygen atoms in total. The van der Waals surface area contributed by atoms with Crippen LogP contribution < -0.4 is 5.32 Å². The Balaban J connectivity index is 2.47. The molecular weight excluding hydrogens is 246 g/mol. The van der Waals surface area contributed by atoms with E-state index in [1.807, 2.05) is 42.8 Å². The van der Waals surface area contributed by atoms with E-state index >= 15 is 0 Å². The minimum Gasteiger partial charge on any atom is -0.327 e. The molecule has 0 spiro atoms. The van der Waals surface area contributed by atoms with Crippen molar-refractivity contribution in [2.75, 3.05) is 0 Å². The smallest absolute Gasteiger partial charge is 0.262 e. The van der Waals surface area contributed by atoms with E-state index in [-0.39, 0.29) is 17.1 Å². The highest BCUT2D eigenvalue weighted by Crippen LogP contribution is 2.25. The Hall–Kier alpha value is -1.26. The van der Waals surface area contributed by atoms with Gasteiger partial charge < -0.3 is 5.32 Å². The van der Waals surface area contributed by atoms with E-state index in [0.717, 1.165) is 4.88 Å². The molecule has 2 rings (SSSR count). The zero-order valence-electron chi connectivity index (χ0n) is 11.1. The summed E-state index contributed by atoms with van der Waals surface area (Å²) in [5.41, 5.74) is -0.458. The SMILES string of the molecule is CC1(C)[NH2+]C(C)(C)/C(=C\c2cccs2)C(=O)C1=O. The fourth-order valence-corrected chi connectivity index (χ4v) is 3.18. The number of rotatable bonds is 1. The number of hydrogen-bond acceptors (Lipinski definition) is 3. The molecule has 0 atom stereocenters. The van der Waals surface area contributed by atoms with Gasteiger partial charge in [0.15, 0.2) is 5.54 Å². The van der Waals surface area contributed by atoms with Gasteiger partial charge in [-0.1, -0.05) is 6.07 Å². The Morgan fingerprint density at radius 1 is 1.17 bits per heavy atom. The summed E-state index contributed by atoms with van der Waals surface area (Å²) in [5.74, 6) is -0.662. The van der Waals surface area contributed by atoms with Gasteiger partial charge >= 0.3 is 0 Å². The van der Waals surface area contributed by atoms with Crippen molar-refractivity contribution in [2.24, 2.45) is 0 Å². The molecule has 2 N–H and O–H groups in total. The van der Waals surface area contributed by atoms with Crippen LogP contribution >= 0.6 is 11.3 Å². The van der Waals surface area contributed by atoms with Crippen molar-refractivity contribution >= 4 is 29.0 Å². The van der Waals surface area contributed by atoms with Crippen molar-refractivity contribution in [3.63, 3.8) is 0 Å². The maximum absolute atomic E-state index is 12.2. The van der Waals surface area contributed by atoms with Crippen LogP contribution in [0.4, 0.5) is 0 Å². The summed E-state index contributed by atoms with van der Waals surface area (Å²) in [6, 6.07) is 3.89. The third-order valence-electron chi connectivity index (χ3n) is 3.28. The molecule has 0 amide bonds. The van der Waals surface area contributed by atoms with Crippen LogP contribution in [-0.4, -0.2) is 22.6 Å². The summed E-state index contributed by atoms with van der Waals surface area (Å²) < 4.78 is 0. The third kappa shape index (κ3) is 2.18. The van der Waals surface area contributed by atoms with Gasteiger partial charge in [-0.15, -0.1) is 11.3 Å². The van der Waals surface area contributed by atoms with Gasteiger partial charge in [-0.25, -0.2) is 0 Å². The first-order chi connectivity index (χ1) is 8.24. The second kappa shape index (κ2) is 4.14. The van der Waals surface area contributed by atoms with Crippen LogP contribution in [0.1, 0.15) is 32.6 Å². The molecule has 18 heavy (non-hydrogen) atoms. The average molecular weight is 264 g/mol. The Morgan fingerprint density at radius 3 is 2.39 bits per heavy atom. The summed E-state index contributed by atoms with van der Waals surface area (Å²) in [7, 11) is 0. The average Bonchev–Trinajstić information content (AvgIpc) is 2.73. The molecule has 1 aliphatic rings. The summed E-state index contributed by atoms with van der Waals surface area (Å²) in [4.78, 5) is 25.3. The van der Waals surface area contributed by atoms with Crippen LogP contribution in [0.25, 0.3) is 6.08 Å². The zero-order chi connectivity index (χ0) is 13.6. The third-order valence-corrected chi connectivity index (χ3v) is 4.10. The molecule has 0 aliphatic carbocycles. The van der Waals surface area contributed by atoms with Crippen molar-refractivity contribution in [2.45, 2.75) is 38.8 Å². The van der Waals surface area contributed by atoms with Gasteiger partial charge in [0.1, 0.15) is 5.54 Å². The monoisotopic (exact) mass is 264 g/mol. The number of carbonyl (C=O) groups excluding carboxylic acids is 2. The van der Waals surface area contributed by atoms with Crippen LogP contribution in [-0.2, 0) is 9.59 Å². The minimum absolute atomic E-state index is 0.315. The van der Waals surface area contributed by atoms with Crippen molar-refractivity contribution in [1.29, 1.82) is 0 Å². The molecule has 1 saturated heterocycles. The number of hydrogen-bond donors (Lipinski definition) is 1. The fraction of sp³-hybridized carbons (Fsp3) is 0.429.